The molecule has 0 bridgehead atoms. The Morgan fingerprint density at radius 2 is 1.61 bits per heavy atom. The molecule has 0 aliphatic carbocycles. The molecule has 132 valence electrons. The Morgan fingerprint density at radius 3 is 2.09 bits per heavy atom. The van der Waals surface area contributed by atoms with Gasteiger partial charge in [0, 0.05) is 19.3 Å². The minimum Gasteiger partial charge on any atom is -0.444 e. The van der Waals surface area contributed by atoms with Crippen molar-refractivity contribution >= 4 is 12.2 Å². The van der Waals surface area contributed by atoms with Crippen LogP contribution in [0, 0.1) is 0 Å². The SMILES string of the molecule is CC(C)(C)OC(=O)NC=C(N1CCCCC1)C(C)(C)OC(N)=O. The number of nitrogens with zero attached hydrogens (tertiary/aromatic N) is 1. The third-order valence-corrected chi connectivity index (χ3v) is 3.39. The molecular weight excluding hydrogens is 298 g/mol. The van der Waals surface area contributed by atoms with Crippen molar-refractivity contribution in [3.63, 3.8) is 0 Å². The molecule has 1 rings (SSSR count). The number of carbonyl (C=O) groups is 2. The summed E-state index contributed by atoms with van der Waals surface area (Å²) in [7, 11) is 0. The largest absolute Gasteiger partial charge is 0.444 e. The highest BCUT2D eigenvalue weighted by Crippen LogP contribution is 2.27. The van der Waals surface area contributed by atoms with Crippen molar-refractivity contribution in [2.24, 2.45) is 5.73 Å². The fourth-order valence-corrected chi connectivity index (χ4v) is 2.52. The lowest BCUT2D eigenvalue weighted by Gasteiger charge is -2.38. The first-order valence-corrected chi connectivity index (χ1v) is 7.95. The van der Waals surface area contributed by atoms with Gasteiger partial charge in [-0.3, -0.25) is 5.32 Å². The first-order chi connectivity index (χ1) is 10.5. The fourth-order valence-electron chi connectivity index (χ4n) is 2.52. The zero-order valence-electron chi connectivity index (χ0n) is 14.8. The third kappa shape index (κ3) is 6.80. The van der Waals surface area contributed by atoms with Gasteiger partial charge in [-0.25, -0.2) is 9.59 Å². The van der Waals surface area contributed by atoms with Crippen LogP contribution in [0.2, 0.25) is 0 Å². The zero-order chi connectivity index (χ0) is 17.7. The van der Waals surface area contributed by atoms with Crippen LogP contribution in [0.15, 0.2) is 11.9 Å². The predicted octanol–water partition coefficient (Wildman–Crippen LogP) is 2.71. The Balaban J connectivity index is 2.91. The lowest BCUT2D eigenvalue weighted by Crippen LogP contribution is -2.44. The molecule has 1 aliphatic rings. The standard InChI is InChI=1S/C16H29N3O4/c1-15(2,3)23-14(21)18-11-12(16(4,5)22-13(17)20)19-9-7-6-8-10-19/h11H,6-10H2,1-5H3,(H2,17,20)(H,18,21). The molecule has 0 atom stereocenters. The average Bonchev–Trinajstić information content (AvgIpc) is 2.36. The fraction of sp³-hybridized carbons (Fsp3) is 0.750. The van der Waals surface area contributed by atoms with Crippen LogP contribution in [-0.4, -0.2) is 41.4 Å². The molecule has 1 heterocycles. The van der Waals surface area contributed by atoms with E-state index >= 15 is 0 Å². The summed E-state index contributed by atoms with van der Waals surface area (Å²) in [6.45, 7) is 10.6. The van der Waals surface area contributed by atoms with E-state index in [-0.39, 0.29) is 0 Å². The molecule has 0 unspecified atom stereocenters. The number of hydrogen-bond acceptors (Lipinski definition) is 5. The molecule has 1 saturated heterocycles. The average molecular weight is 327 g/mol. The van der Waals surface area contributed by atoms with Gasteiger partial charge in [0.1, 0.15) is 11.2 Å². The smallest absolute Gasteiger partial charge is 0.411 e. The molecule has 0 saturated carbocycles. The van der Waals surface area contributed by atoms with Crippen molar-refractivity contribution in [3.05, 3.63) is 11.9 Å². The summed E-state index contributed by atoms with van der Waals surface area (Å²) in [6, 6.07) is 0. The van der Waals surface area contributed by atoms with E-state index in [4.69, 9.17) is 15.2 Å². The van der Waals surface area contributed by atoms with E-state index in [1.165, 1.54) is 6.42 Å². The monoisotopic (exact) mass is 327 g/mol. The number of hydrogen-bond donors (Lipinski definition) is 2. The first-order valence-electron chi connectivity index (χ1n) is 7.95. The highest BCUT2D eigenvalue weighted by atomic mass is 16.6. The predicted molar refractivity (Wildman–Crippen MR) is 87.6 cm³/mol. The minimum absolute atomic E-state index is 0.554. The van der Waals surface area contributed by atoms with Gasteiger partial charge in [0.25, 0.3) is 0 Å². The molecule has 3 N–H and O–H groups in total. The molecule has 1 fully saturated rings. The molecular formula is C16H29N3O4. The topological polar surface area (TPSA) is 93.9 Å². The number of primary amides is 1. The third-order valence-electron chi connectivity index (χ3n) is 3.39. The first kappa shape index (κ1) is 19.1. The van der Waals surface area contributed by atoms with Crippen LogP contribution in [0.1, 0.15) is 53.9 Å². The van der Waals surface area contributed by atoms with Crippen LogP contribution in [0.25, 0.3) is 0 Å². The quantitative estimate of drug-likeness (QED) is 0.828. The summed E-state index contributed by atoms with van der Waals surface area (Å²) in [5.41, 5.74) is 4.34. The molecule has 1 aliphatic heterocycles. The summed E-state index contributed by atoms with van der Waals surface area (Å²) in [5.74, 6) is 0. The van der Waals surface area contributed by atoms with Crippen LogP contribution in [0.3, 0.4) is 0 Å². The molecule has 0 spiro atoms. The van der Waals surface area contributed by atoms with Gasteiger partial charge in [0.15, 0.2) is 0 Å². The van der Waals surface area contributed by atoms with Gasteiger partial charge >= 0.3 is 12.2 Å². The highest BCUT2D eigenvalue weighted by Gasteiger charge is 2.32. The number of nitrogens with two attached hydrogens (primary N) is 1. The van der Waals surface area contributed by atoms with Crippen molar-refractivity contribution in [2.45, 2.75) is 65.1 Å². The minimum atomic E-state index is -0.946. The second-order valence-corrected chi connectivity index (χ2v) is 7.15. The van der Waals surface area contributed by atoms with E-state index < -0.39 is 23.4 Å². The number of amides is 2. The molecule has 0 aromatic rings. The Kier molecular flexibility index (Phi) is 6.29. The van der Waals surface area contributed by atoms with E-state index in [9.17, 15) is 9.59 Å². The van der Waals surface area contributed by atoms with Gasteiger partial charge in [-0.1, -0.05) is 0 Å². The lowest BCUT2D eigenvalue weighted by molar-refractivity contribution is 0.0443. The summed E-state index contributed by atoms with van der Waals surface area (Å²) in [4.78, 5) is 25.1. The normalized spacial score (nSPS) is 16.7. The molecule has 7 heteroatoms. The molecule has 0 radical (unpaired) electrons. The van der Waals surface area contributed by atoms with E-state index in [1.807, 2.05) is 0 Å². The summed E-state index contributed by atoms with van der Waals surface area (Å²) >= 11 is 0. The van der Waals surface area contributed by atoms with Crippen LogP contribution in [0.5, 0.6) is 0 Å². The van der Waals surface area contributed by atoms with Crippen LogP contribution in [-0.2, 0) is 9.47 Å². The molecule has 0 aromatic heterocycles. The Morgan fingerprint density at radius 1 is 1.04 bits per heavy atom. The van der Waals surface area contributed by atoms with Crippen LogP contribution >= 0.6 is 0 Å². The summed E-state index contributed by atoms with van der Waals surface area (Å²) in [5, 5.41) is 2.62. The van der Waals surface area contributed by atoms with Crippen molar-refractivity contribution in [3.8, 4) is 0 Å². The van der Waals surface area contributed by atoms with E-state index in [0.29, 0.717) is 5.70 Å². The second-order valence-electron chi connectivity index (χ2n) is 7.15. The number of rotatable bonds is 4. The van der Waals surface area contributed by atoms with Crippen molar-refractivity contribution in [1.29, 1.82) is 0 Å². The summed E-state index contributed by atoms with van der Waals surface area (Å²) < 4.78 is 10.4. The molecule has 0 aromatic carbocycles. The van der Waals surface area contributed by atoms with Crippen molar-refractivity contribution in [1.82, 2.24) is 10.2 Å². The number of alkyl carbamates (subject to hydrolysis) is 1. The van der Waals surface area contributed by atoms with Gasteiger partial charge in [-0.2, -0.15) is 0 Å². The van der Waals surface area contributed by atoms with Crippen molar-refractivity contribution < 1.29 is 19.1 Å². The maximum absolute atomic E-state index is 11.9. The van der Waals surface area contributed by atoms with Gasteiger partial charge in [-0.15, -0.1) is 0 Å². The molecule has 23 heavy (non-hydrogen) atoms. The summed E-state index contributed by atoms with van der Waals surface area (Å²) in [6.07, 6.45) is 3.41. The van der Waals surface area contributed by atoms with Gasteiger partial charge in [0.05, 0.1) is 5.70 Å². The number of piperidine rings is 1. The molecule has 2 amide bonds. The van der Waals surface area contributed by atoms with E-state index in [2.05, 4.69) is 10.2 Å². The molecule has 7 nitrogen and oxygen atoms in total. The number of ether oxygens (including phenoxy) is 2. The Bertz CT molecular complexity index is 460. The maximum atomic E-state index is 11.9. The van der Waals surface area contributed by atoms with Crippen LogP contribution in [0.4, 0.5) is 9.59 Å². The zero-order valence-corrected chi connectivity index (χ0v) is 14.8. The van der Waals surface area contributed by atoms with E-state index in [0.717, 1.165) is 25.9 Å². The Labute approximate surface area is 138 Å². The lowest BCUT2D eigenvalue weighted by atomic mass is 10.0. The van der Waals surface area contributed by atoms with Gasteiger partial charge in [0.2, 0.25) is 0 Å². The number of likely N-dealkylation sites (tertiary alicyclic amines) is 1. The van der Waals surface area contributed by atoms with Crippen molar-refractivity contribution in [2.75, 3.05) is 13.1 Å². The number of carbonyl (C=O) groups excluding carboxylic acids is 2. The number of nitrogens with one attached hydrogen (secondary N) is 1. The maximum Gasteiger partial charge on any atom is 0.411 e. The van der Waals surface area contributed by atoms with E-state index in [1.54, 1.807) is 40.8 Å². The van der Waals surface area contributed by atoms with Gasteiger partial charge < -0.3 is 20.1 Å². The highest BCUT2D eigenvalue weighted by molar-refractivity contribution is 5.69. The second kappa shape index (κ2) is 7.57. The van der Waals surface area contributed by atoms with Gasteiger partial charge in [-0.05, 0) is 53.9 Å². The van der Waals surface area contributed by atoms with Crippen LogP contribution < -0.4 is 11.1 Å². The Hall–Kier alpha value is -1.92.